The van der Waals surface area contributed by atoms with Gasteiger partial charge in [-0.15, -0.1) is 0 Å². The number of hydrogen-bond donors (Lipinski definition) is 1. The van der Waals surface area contributed by atoms with E-state index in [1.54, 1.807) is 0 Å². The molecule has 0 saturated carbocycles. The maximum absolute atomic E-state index is 5.84. The summed E-state index contributed by atoms with van der Waals surface area (Å²) in [5.74, 6) is 0.946. The standard InChI is InChI=1S/C14H23N5/c1-5-19(9-14(2,3)8-15)13-12-11(6-7-16-13)18(4)10-17-12/h6-7,10H,5,8-9,15H2,1-4H3. The number of hydrogen-bond acceptors (Lipinski definition) is 4. The molecule has 2 N–H and O–H groups in total. The third-order valence-electron chi connectivity index (χ3n) is 3.48. The zero-order valence-electron chi connectivity index (χ0n) is 12.2. The van der Waals surface area contributed by atoms with Gasteiger partial charge >= 0.3 is 0 Å². The summed E-state index contributed by atoms with van der Waals surface area (Å²) in [7, 11) is 2.00. The molecule has 0 radical (unpaired) electrons. The van der Waals surface area contributed by atoms with Crippen molar-refractivity contribution in [2.24, 2.45) is 18.2 Å². The van der Waals surface area contributed by atoms with E-state index in [0.717, 1.165) is 29.9 Å². The van der Waals surface area contributed by atoms with Crippen LogP contribution in [-0.2, 0) is 7.05 Å². The molecule has 104 valence electrons. The Hall–Kier alpha value is -1.62. The Labute approximate surface area is 114 Å². The van der Waals surface area contributed by atoms with Gasteiger partial charge in [0.2, 0.25) is 0 Å². The van der Waals surface area contributed by atoms with E-state index in [4.69, 9.17) is 5.73 Å². The second-order valence-electron chi connectivity index (χ2n) is 5.74. The molecule has 0 amide bonds. The number of anilines is 1. The molecule has 0 unspecified atom stereocenters. The molecule has 2 rings (SSSR count). The van der Waals surface area contributed by atoms with E-state index in [2.05, 4.69) is 35.6 Å². The molecule has 0 aliphatic rings. The second-order valence-corrected chi connectivity index (χ2v) is 5.74. The number of aromatic nitrogens is 3. The molecule has 0 aliphatic heterocycles. The molecule has 0 spiro atoms. The van der Waals surface area contributed by atoms with Gasteiger partial charge in [0.25, 0.3) is 0 Å². The fourth-order valence-electron chi connectivity index (χ4n) is 2.20. The fourth-order valence-corrected chi connectivity index (χ4v) is 2.20. The van der Waals surface area contributed by atoms with Gasteiger partial charge in [-0.05, 0) is 24.9 Å². The summed E-state index contributed by atoms with van der Waals surface area (Å²) in [5.41, 5.74) is 7.97. The Morgan fingerprint density at radius 3 is 2.74 bits per heavy atom. The molecule has 2 heterocycles. The minimum Gasteiger partial charge on any atom is -0.354 e. The lowest BCUT2D eigenvalue weighted by molar-refractivity contribution is 0.379. The number of nitrogens with zero attached hydrogens (tertiary/aromatic N) is 4. The first kappa shape index (κ1) is 13.8. The van der Waals surface area contributed by atoms with Crippen LogP contribution >= 0.6 is 0 Å². The first-order valence-corrected chi connectivity index (χ1v) is 6.69. The minimum absolute atomic E-state index is 0.0641. The van der Waals surface area contributed by atoms with Gasteiger partial charge in [0.05, 0.1) is 11.8 Å². The largest absolute Gasteiger partial charge is 0.354 e. The Morgan fingerprint density at radius 1 is 1.37 bits per heavy atom. The molecule has 0 aromatic carbocycles. The van der Waals surface area contributed by atoms with Crippen LogP contribution in [0, 0.1) is 5.41 Å². The van der Waals surface area contributed by atoms with Gasteiger partial charge < -0.3 is 15.2 Å². The van der Waals surface area contributed by atoms with E-state index in [1.165, 1.54) is 0 Å². The average Bonchev–Trinajstić information content (AvgIpc) is 2.78. The lowest BCUT2D eigenvalue weighted by Crippen LogP contribution is -2.39. The van der Waals surface area contributed by atoms with Crippen LogP contribution in [0.2, 0.25) is 0 Å². The van der Waals surface area contributed by atoms with Crippen molar-refractivity contribution >= 4 is 16.9 Å². The lowest BCUT2D eigenvalue weighted by Gasteiger charge is -2.31. The molecule has 0 aliphatic carbocycles. The molecule has 0 saturated heterocycles. The van der Waals surface area contributed by atoms with Crippen LogP contribution < -0.4 is 10.6 Å². The highest BCUT2D eigenvalue weighted by atomic mass is 15.2. The molecule has 5 nitrogen and oxygen atoms in total. The molecule has 5 heteroatoms. The van der Waals surface area contributed by atoms with Crippen LogP contribution in [0.1, 0.15) is 20.8 Å². The Balaban J connectivity index is 2.41. The summed E-state index contributed by atoms with van der Waals surface area (Å²) in [4.78, 5) is 11.2. The van der Waals surface area contributed by atoms with Crippen molar-refractivity contribution in [2.75, 3.05) is 24.5 Å². The number of aryl methyl sites for hydroxylation is 1. The number of fused-ring (bicyclic) bond motifs is 1. The van der Waals surface area contributed by atoms with E-state index < -0.39 is 0 Å². The molecule has 2 aromatic rings. The van der Waals surface area contributed by atoms with Gasteiger partial charge in [-0.2, -0.15) is 0 Å². The van der Waals surface area contributed by atoms with Gasteiger partial charge in [-0.1, -0.05) is 13.8 Å². The maximum Gasteiger partial charge on any atom is 0.156 e. The van der Waals surface area contributed by atoms with E-state index in [1.807, 2.05) is 30.2 Å². The SMILES string of the molecule is CCN(CC(C)(C)CN)c1nccc2c1ncn2C. The predicted octanol–water partition coefficient (Wildman–Crippen LogP) is 1.78. The summed E-state index contributed by atoms with van der Waals surface area (Å²) in [5, 5.41) is 0. The molecular formula is C14H23N5. The topological polar surface area (TPSA) is 60.0 Å². The third kappa shape index (κ3) is 2.71. The quantitative estimate of drug-likeness (QED) is 0.891. The van der Waals surface area contributed by atoms with Crippen LogP contribution in [0.3, 0.4) is 0 Å². The smallest absolute Gasteiger partial charge is 0.156 e. The number of nitrogens with two attached hydrogens (primary N) is 1. The highest BCUT2D eigenvalue weighted by Crippen LogP contribution is 2.25. The van der Waals surface area contributed by atoms with Crippen LogP contribution in [0.4, 0.5) is 5.82 Å². The summed E-state index contributed by atoms with van der Waals surface area (Å²) in [6.07, 6.45) is 3.68. The summed E-state index contributed by atoms with van der Waals surface area (Å²) >= 11 is 0. The molecule has 0 fully saturated rings. The monoisotopic (exact) mass is 261 g/mol. The van der Waals surface area contributed by atoms with Crippen molar-refractivity contribution in [3.05, 3.63) is 18.6 Å². The minimum atomic E-state index is 0.0641. The highest BCUT2D eigenvalue weighted by Gasteiger charge is 2.22. The number of imidazole rings is 1. The van der Waals surface area contributed by atoms with Gasteiger partial charge in [0.15, 0.2) is 5.82 Å². The molecule has 0 atom stereocenters. The summed E-state index contributed by atoms with van der Waals surface area (Å²) in [6.45, 7) is 8.91. The zero-order chi connectivity index (χ0) is 14.0. The number of pyridine rings is 1. The lowest BCUT2D eigenvalue weighted by atomic mass is 9.93. The maximum atomic E-state index is 5.84. The van der Waals surface area contributed by atoms with Crippen molar-refractivity contribution in [1.82, 2.24) is 14.5 Å². The van der Waals surface area contributed by atoms with Crippen molar-refractivity contribution in [3.8, 4) is 0 Å². The predicted molar refractivity (Wildman–Crippen MR) is 79.2 cm³/mol. The Morgan fingerprint density at radius 2 is 2.11 bits per heavy atom. The highest BCUT2D eigenvalue weighted by molar-refractivity contribution is 5.86. The zero-order valence-corrected chi connectivity index (χ0v) is 12.2. The van der Waals surface area contributed by atoms with Crippen molar-refractivity contribution in [1.29, 1.82) is 0 Å². The van der Waals surface area contributed by atoms with Crippen molar-refractivity contribution in [2.45, 2.75) is 20.8 Å². The van der Waals surface area contributed by atoms with Crippen molar-refractivity contribution in [3.63, 3.8) is 0 Å². The van der Waals surface area contributed by atoms with Gasteiger partial charge in [0.1, 0.15) is 5.52 Å². The number of rotatable bonds is 5. The molecular weight excluding hydrogens is 238 g/mol. The van der Waals surface area contributed by atoms with E-state index >= 15 is 0 Å². The molecule has 0 bridgehead atoms. The Kier molecular flexibility index (Phi) is 3.75. The van der Waals surface area contributed by atoms with Gasteiger partial charge in [-0.3, -0.25) is 0 Å². The molecule has 19 heavy (non-hydrogen) atoms. The normalized spacial score (nSPS) is 12.1. The van der Waals surface area contributed by atoms with Gasteiger partial charge in [-0.25, -0.2) is 9.97 Å². The van der Waals surface area contributed by atoms with Crippen molar-refractivity contribution < 1.29 is 0 Å². The first-order valence-electron chi connectivity index (χ1n) is 6.69. The molecule has 2 aromatic heterocycles. The van der Waals surface area contributed by atoms with Crippen LogP contribution in [0.5, 0.6) is 0 Å². The Bertz CT molecular complexity index is 558. The summed E-state index contributed by atoms with van der Waals surface area (Å²) in [6, 6.07) is 1.99. The van der Waals surface area contributed by atoms with E-state index in [9.17, 15) is 0 Å². The first-order chi connectivity index (χ1) is 8.98. The van der Waals surface area contributed by atoms with Crippen LogP contribution in [-0.4, -0.2) is 34.2 Å². The van der Waals surface area contributed by atoms with Crippen LogP contribution in [0.25, 0.3) is 11.0 Å². The second kappa shape index (κ2) is 5.17. The van der Waals surface area contributed by atoms with E-state index in [-0.39, 0.29) is 5.41 Å². The summed E-state index contributed by atoms with van der Waals surface area (Å²) < 4.78 is 2.02. The third-order valence-corrected chi connectivity index (χ3v) is 3.48. The van der Waals surface area contributed by atoms with E-state index in [0.29, 0.717) is 6.54 Å². The average molecular weight is 261 g/mol. The fraction of sp³-hybridized carbons (Fsp3) is 0.571. The van der Waals surface area contributed by atoms with Crippen LogP contribution in [0.15, 0.2) is 18.6 Å². The van der Waals surface area contributed by atoms with Gasteiger partial charge in [0, 0.05) is 26.3 Å².